The molecule has 0 atom stereocenters. The first-order valence-corrected chi connectivity index (χ1v) is 7.69. The number of anilines is 1. The van der Waals surface area contributed by atoms with Crippen LogP contribution in [0.4, 0.5) is 10.1 Å². The van der Waals surface area contributed by atoms with Crippen LogP contribution in [-0.2, 0) is 6.54 Å². The fourth-order valence-corrected chi connectivity index (χ4v) is 3.45. The molecule has 6 heteroatoms. The molecule has 0 saturated heterocycles. The highest BCUT2D eigenvalue weighted by atomic mass is 79.9. The predicted molar refractivity (Wildman–Crippen MR) is 87.1 cm³/mol. The molecule has 20 heavy (non-hydrogen) atoms. The molecule has 0 aliphatic rings. The molecule has 2 aromatic rings. The highest BCUT2D eigenvalue weighted by Gasteiger charge is 2.11. The molecule has 0 aliphatic heterocycles. The smallest absolute Gasteiger partial charge is 0.164 e. The van der Waals surface area contributed by atoms with Crippen LogP contribution < -0.4 is 10.1 Å². The summed E-state index contributed by atoms with van der Waals surface area (Å²) in [4.78, 5) is 0. The number of hydrogen-bond acceptors (Lipinski definition) is 2. The van der Waals surface area contributed by atoms with Crippen molar-refractivity contribution in [1.29, 1.82) is 0 Å². The van der Waals surface area contributed by atoms with Crippen LogP contribution in [0.3, 0.4) is 0 Å². The lowest BCUT2D eigenvalue weighted by Gasteiger charge is -2.13. The van der Waals surface area contributed by atoms with Gasteiger partial charge in [-0.1, -0.05) is 33.6 Å². The van der Waals surface area contributed by atoms with E-state index < -0.39 is 5.82 Å². The van der Waals surface area contributed by atoms with Crippen LogP contribution in [0.15, 0.2) is 39.3 Å². The maximum absolute atomic E-state index is 13.8. The van der Waals surface area contributed by atoms with Crippen LogP contribution in [0.5, 0.6) is 5.75 Å². The van der Waals surface area contributed by atoms with Crippen molar-refractivity contribution in [2.75, 3.05) is 12.4 Å². The van der Waals surface area contributed by atoms with E-state index in [4.69, 9.17) is 16.3 Å². The number of methoxy groups -OCH3 is 1. The monoisotopic (exact) mass is 421 g/mol. The SMILES string of the molecule is COc1c(Br)cc(Br)cc1CNc1cccc(Cl)c1F. The zero-order valence-electron chi connectivity index (χ0n) is 10.5. The Morgan fingerprint density at radius 2 is 2.05 bits per heavy atom. The Kier molecular flexibility index (Phi) is 5.29. The van der Waals surface area contributed by atoms with E-state index >= 15 is 0 Å². The van der Waals surface area contributed by atoms with Gasteiger partial charge < -0.3 is 10.1 Å². The van der Waals surface area contributed by atoms with Crippen molar-refractivity contribution in [3.05, 3.63) is 55.7 Å². The molecule has 1 N–H and O–H groups in total. The summed E-state index contributed by atoms with van der Waals surface area (Å²) in [6.45, 7) is 0.415. The van der Waals surface area contributed by atoms with Crippen LogP contribution in [0.2, 0.25) is 5.02 Å². The van der Waals surface area contributed by atoms with Crippen molar-refractivity contribution in [3.63, 3.8) is 0 Å². The Hall–Kier alpha value is -0.780. The quantitative estimate of drug-likeness (QED) is 0.689. The molecule has 0 amide bonds. The molecule has 0 saturated carbocycles. The van der Waals surface area contributed by atoms with Crippen LogP contribution in [0.1, 0.15) is 5.56 Å². The first-order chi connectivity index (χ1) is 9.52. The first-order valence-electron chi connectivity index (χ1n) is 5.72. The van der Waals surface area contributed by atoms with Crippen molar-refractivity contribution >= 4 is 49.1 Å². The Morgan fingerprint density at radius 1 is 1.30 bits per heavy atom. The van der Waals surface area contributed by atoms with E-state index in [0.717, 1.165) is 14.5 Å². The maximum atomic E-state index is 13.8. The van der Waals surface area contributed by atoms with Crippen LogP contribution in [0, 0.1) is 5.82 Å². The third-order valence-electron chi connectivity index (χ3n) is 2.71. The largest absolute Gasteiger partial charge is 0.495 e. The topological polar surface area (TPSA) is 21.3 Å². The van der Waals surface area contributed by atoms with E-state index in [1.54, 1.807) is 19.2 Å². The summed E-state index contributed by atoms with van der Waals surface area (Å²) in [6, 6.07) is 8.65. The van der Waals surface area contributed by atoms with Crippen molar-refractivity contribution in [2.45, 2.75) is 6.54 Å². The number of halogens is 4. The Morgan fingerprint density at radius 3 is 2.75 bits per heavy atom. The summed E-state index contributed by atoms with van der Waals surface area (Å²) in [7, 11) is 1.59. The van der Waals surface area contributed by atoms with Gasteiger partial charge in [0.15, 0.2) is 5.82 Å². The van der Waals surface area contributed by atoms with Crippen molar-refractivity contribution in [2.24, 2.45) is 0 Å². The summed E-state index contributed by atoms with van der Waals surface area (Å²) in [5.74, 6) is 0.255. The highest BCUT2D eigenvalue weighted by molar-refractivity contribution is 9.11. The van der Waals surface area contributed by atoms with Gasteiger partial charge in [0.05, 0.1) is 22.3 Å². The summed E-state index contributed by atoms with van der Waals surface area (Å²) < 4.78 is 20.9. The van der Waals surface area contributed by atoms with Crippen molar-refractivity contribution < 1.29 is 9.13 Å². The summed E-state index contributed by atoms with van der Waals surface area (Å²) in [5, 5.41) is 3.11. The van der Waals surface area contributed by atoms with Gasteiger partial charge in [0.25, 0.3) is 0 Å². The molecule has 0 radical (unpaired) electrons. The van der Waals surface area contributed by atoms with Gasteiger partial charge in [-0.3, -0.25) is 0 Å². The molecule has 0 spiro atoms. The van der Waals surface area contributed by atoms with Gasteiger partial charge in [0.1, 0.15) is 5.75 Å². The van der Waals surface area contributed by atoms with E-state index in [0.29, 0.717) is 18.0 Å². The van der Waals surface area contributed by atoms with Gasteiger partial charge in [-0.05, 0) is 40.2 Å². The molecule has 0 heterocycles. The van der Waals surface area contributed by atoms with E-state index in [9.17, 15) is 4.39 Å². The standard InChI is InChI=1S/C14H11Br2ClFNO/c1-20-14-8(5-9(15)6-10(14)16)7-19-12-4-2-3-11(17)13(12)18/h2-6,19H,7H2,1H3. The molecule has 0 aromatic heterocycles. The van der Waals surface area contributed by atoms with E-state index in [-0.39, 0.29) is 5.02 Å². The van der Waals surface area contributed by atoms with Crippen LogP contribution in [0.25, 0.3) is 0 Å². The second-order valence-electron chi connectivity index (χ2n) is 4.03. The number of rotatable bonds is 4. The molecule has 0 unspecified atom stereocenters. The van der Waals surface area contributed by atoms with E-state index in [2.05, 4.69) is 37.2 Å². The fourth-order valence-electron chi connectivity index (χ4n) is 1.80. The predicted octanol–water partition coefficient (Wildman–Crippen LogP) is 5.62. The lowest BCUT2D eigenvalue weighted by atomic mass is 10.2. The lowest BCUT2D eigenvalue weighted by Crippen LogP contribution is -2.04. The maximum Gasteiger partial charge on any atom is 0.164 e. The Bertz CT molecular complexity index is 637. The van der Waals surface area contributed by atoms with Gasteiger partial charge in [-0.15, -0.1) is 0 Å². The second-order valence-corrected chi connectivity index (χ2v) is 6.21. The molecule has 2 aromatic carbocycles. The van der Waals surface area contributed by atoms with Crippen molar-refractivity contribution in [1.82, 2.24) is 0 Å². The summed E-state index contributed by atoms with van der Waals surface area (Å²) in [6.07, 6.45) is 0. The highest BCUT2D eigenvalue weighted by Crippen LogP contribution is 2.33. The molecule has 0 fully saturated rings. The Labute approximate surface area is 138 Å². The third-order valence-corrected chi connectivity index (χ3v) is 4.05. The minimum absolute atomic E-state index is 0.0948. The third kappa shape index (κ3) is 3.45. The van der Waals surface area contributed by atoms with E-state index in [1.807, 2.05) is 12.1 Å². The fraction of sp³-hybridized carbons (Fsp3) is 0.143. The minimum atomic E-state index is -0.456. The summed E-state index contributed by atoms with van der Waals surface area (Å²) >= 11 is 12.6. The average Bonchev–Trinajstić information content (AvgIpc) is 2.40. The van der Waals surface area contributed by atoms with Gasteiger partial charge in [0, 0.05) is 16.6 Å². The average molecular weight is 424 g/mol. The first kappa shape index (κ1) is 15.6. The van der Waals surface area contributed by atoms with Crippen LogP contribution >= 0.6 is 43.5 Å². The molecule has 2 nitrogen and oxygen atoms in total. The zero-order chi connectivity index (χ0) is 14.7. The molecule has 0 aliphatic carbocycles. The van der Waals surface area contributed by atoms with Crippen LogP contribution in [-0.4, -0.2) is 7.11 Å². The number of nitrogens with one attached hydrogen (secondary N) is 1. The molecular formula is C14H11Br2ClFNO. The van der Waals surface area contributed by atoms with Gasteiger partial charge in [-0.25, -0.2) is 4.39 Å². The van der Waals surface area contributed by atoms with Gasteiger partial charge >= 0.3 is 0 Å². The van der Waals surface area contributed by atoms with Gasteiger partial charge in [0.2, 0.25) is 0 Å². The second kappa shape index (κ2) is 6.78. The number of ether oxygens (including phenoxy) is 1. The molecule has 2 rings (SSSR count). The lowest BCUT2D eigenvalue weighted by molar-refractivity contribution is 0.407. The normalized spacial score (nSPS) is 10.4. The Balaban J connectivity index is 2.25. The van der Waals surface area contributed by atoms with E-state index in [1.165, 1.54) is 6.07 Å². The minimum Gasteiger partial charge on any atom is -0.495 e. The molecular weight excluding hydrogens is 412 g/mol. The zero-order valence-corrected chi connectivity index (χ0v) is 14.4. The molecule has 106 valence electrons. The number of benzene rings is 2. The summed E-state index contributed by atoms with van der Waals surface area (Å²) in [5.41, 5.74) is 1.25. The number of hydrogen-bond donors (Lipinski definition) is 1. The van der Waals surface area contributed by atoms with Gasteiger partial charge in [-0.2, -0.15) is 0 Å². The molecule has 0 bridgehead atoms. The van der Waals surface area contributed by atoms with Crippen molar-refractivity contribution in [3.8, 4) is 5.75 Å².